The summed E-state index contributed by atoms with van der Waals surface area (Å²) in [6.07, 6.45) is 2.44. The molecule has 2 N–H and O–H groups in total. The van der Waals surface area contributed by atoms with Crippen molar-refractivity contribution in [3.63, 3.8) is 0 Å². The smallest absolute Gasteiger partial charge is 0.191 e. The summed E-state index contributed by atoms with van der Waals surface area (Å²) < 4.78 is 0. The lowest BCUT2D eigenvalue weighted by Crippen LogP contribution is -2.42. The van der Waals surface area contributed by atoms with Crippen LogP contribution in [0.5, 0.6) is 0 Å². The van der Waals surface area contributed by atoms with Crippen LogP contribution in [0.4, 0.5) is 0 Å². The van der Waals surface area contributed by atoms with E-state index in [2.05, 4.69) is 60.1 Å². The van der Waals surface area contributed by atoms with Crippen LogP contribution in [0.1, 0.15) is 30.9 Å². The molecule has 1 fully saturated rings. The summed E-state index contributed by atoms with van der Waals surface area (Å²) in [5.41, 5.74) is 8.65. The lowest BCUT2D eigenvalue weighted by atomic mass is 10.00. The van der Waals surface area contributed by atoms with Gasteiger partial charge in [0.2, 0.25) is 0 Å². The predicted octanol–water partition coefficient (Wildman–Crippen LogP) is 2.91. The summed E-state index contributed by atoms with van der Waals surface area (Å²) in [5, 5.41) is 0. The van der Waals surface area contributed by atoms with E-state index in [1.165, 1.54) is 24.0 Å². The van der Waals surface area contributed by atoms with Gasteiger partial charge < -0.3 is 15.5 Å². The highest BCUT2D eigenvalue weighted by Crippen LogP contribution is 2.15. The third-order valence-electron chi connectivity index (χ3n) is 4.05. The van der Waals surface area contributed by atoms with Gasteiger partial charge in [0.05, 0.1) is 6.54 Å². The lowest BCUT2D eigenvalue weighted by Gasteiger charge is -2.31. The first-order valence-electron chi connectivity index (χ1n) is 7.82. The maximum Gasteiger partial charge on any atom is 0.191 e. The largest absolute Gasteiger partial charge is 0.370 e. The highest BCUT2D eigenvalue weighted by atomic mass is 127. The van der Waals surface area contributed by atoms with E-state index in [9.17, 15) is 0 Å². The van der Waals surface area contributed by atoms with E-state index in [4.69, 9.17) is 5.73 Å². The molecule has 4 nitrogen and oxygen atoms in total. The van der Waals surface area contributed by atoms with Crippen LogP contribution in [0.15, 0.2) is 29.3 Å². The average Bonchev–Trinajstić information content (AvgIpc) is 2.46. The number of nitrogens with zero attached hydrogens (tertiary/aromatic N) is 3. The molecule has 2 rings (SSSR count). The van der Waals surface area contributed by atoms with Gasteiger partial charge in [0.25, 0.3) is 0 Å². The van der Waals surface area contributed by atoms with Gasteiger partial charge >= 0.3 is 0 Å². The van der Waals surface area contributed by atoms with Gasteiger partial charge in [-0.2, -0.15) is 0 Å². The Balaban J connectivity index is 0.00000242. The summed E-state index contributed by atoms with van der Waals surface area (Å²) in [6, 6.07) is 8.63. The van der Waals surface area contributed by atoms with Crippen LogP contribution in [-0.2, 0) is 13.1 Å². The Kier molecular flexibility index (Phi) is 8.17. The van der Waals surface area contributed by atoms with Crippen molar-refractivity contribution < 1.29 is 0 Å². The van der Waals surface area contributed by atoms with E-state index < -0.39 is 0 Å². The molecule has 0 spiro atoms. The molecule has 0 atom stereocenters. The number of aliphatic imine (C=N–C) groups is 1. The molecule has 0 bridgehead atoms. The Bertz CT molecular complexity index is 462. The van der Waals surface area contributed by atoms with Crippen LogP contribution < -0.4 is 5.73 Å². The second-order valence-electron chi connectivity index (χ2n) is 6.40. The number of benzene rings is 1. The number of hydrogen-bond acceptors (Lipinski definition) is 2. The second-order valence-corrected chi connectivity index (χ2v) is 6.40. The number of halogens is 1. The second kappa shape index (κ2) is 9.35. The highest BCUT2D eigenvalue weighted by Gasteiger charge is 2.16. The van der Waals surface area contributed by atoms with Crippen LogP contribution in [0, 0.1) is 5.92 Å². The Labute approximate surface area is 151 Å². The Morgan fingerprint density at radius 2 is 1.73 bits per heavy atom. The summed E-state index contributed by atoms with van der Waals surface area (Å²) in [4.78, 5) is 8.92. The minimum Gasteiger partial charge on any atom is -0.370 e. The topological polar surface area (TPSA) is 44.9 Å². The van der Waals surface area contributed by atoms with Crippen molar-refractivity contribution in [3.05, 3.63) is 35.4 Å². The van der Waals surface area contributed by atoms with Crippen LogP contribution >= 0.6 is 24.0 Å². The third-order valence-corrected chi connectivity index (χ3v) is 4.05. The quantitative estimate of drug-likeness (QED) is 0.467. The van der Waals surface area contributed by atoms with E-state index in [1.807, 2.05) is 0 Å². The number of rotatable bonds is 4. The monoisotopic (exact) mass is 416 g/mol. The van der Waals surface area contributed by atoms with Crippen LogP contribution in [0.25, 0.3) is 0 Å². The fourth-order valence-corrected chi connectivity index (χ4v) is 2.63. The standard InChI is InChI=1S/C17H28N4.HI/c1-14-8-10-21(11-9-14)17(18)19-12-15-4-6-16(7-5-15)13-20(2)3;/h4-7,14H,8-13H2,1-3H3,(H2,18,19);1H. The van der Waals surface area contributed by atoms with E-state index in [0.717, 1.165) is 25.6 Å². The van der Waals surface area contributed by atoms with E-state index in [-0.39, 0.29) is 24.0 Å². The molecule has 1 heterocycles. The van der Waals surface area contributed by atoms with Crippen molar-refractivity contribution in [2.75, 3.05) is 27.2 Å². The fraction of sp³-hybridized carbons (Fsp3) is 0.588. The molecular weight excluding hydrogens is 387 g/mol. The van der Waals surface area contributed by atoms with E-state index in [1.54, 1.807) is 0 Å². The van der Waals surface area contributed by atoms with Gasteiger partial charge in [-0.05, 0) is 44.0 Å². The zero-order valence-electron chi connectivity index (χ0n) is 14.0. The minimum absolute atomic E-state index is 0. The van der Waals surface area contributed by atoms with Gasteiger partial charge in [0.15, 0.2) is 5.96 Å². The Morgan fingerprint density at radius 1 is 1.18 bits per heavy atom. The normalized spacial score (nSPS) is 16.7. The average molecular weight is 416 g/mol. The number of likely N-dealkylation sites (tertiary alicyclic amines) is 1. The van der Waals surface area contributed by atoms with Crippen molar-refractivity contribution in [1.29, 1.82) is 0 Å². The van der Waals surface area contributed by atoms with Gasteiger partial charge in [-0.1, -0.05) is 31.2 Å². The maximum atomic E-state index is 6.11. The molecule has 0 unspecified atom stereocenters. The van der Waals surface area contributed by atoms with E-state index >= 15 is 0 Å². The van der Waals surface area contributed by atoms with Gasteiger partial charge in [-0.25, -0.2) is 4.99 Å². The molecule has 1 saturated heterocycles. The zero-order valence-corrected chi connectivity index (χ0v) is 16.3. The molecule has 124 valence electrons. The number of piperidine rings is 1. The van der Waals surface area contributed by atoms with Crippen molar-refractivity contribution in [2.24, 2.45) is 16.6 Å². The number of guanidine groups is 1. The molecule has 0 radical (unpaired) electrons. The van der Waals surface area contributed by atoms with Crippen LogP contribution in [-0.4, -0.2) is 42.9 Å². The lowest BCUT2D eigenvalue weighted by molar-refractivity contribution is 0.277. The number of hydrogen-bond donors (Lipinski definition) is 1. The Hall–Kier alpha value is -0.820. The van der Waals surface area contributed by atoms with Gasteiger partial charge in [0, 0.05) is 19.6 Å². The molecule has 1 aromatic carbocycles. The first-order valence-corrected chi connectivity index (χ1v) is 7.82. The zero-order chi connectivity index (χ0) is 15.2. The van der Waals surface area contributed by atoms with Crippen LogP contribution in [0.2, 0.25) is 0 Å². The SMILES string of the molecule is CC1CCN(C(N)=NCc2ccc(CN(C)C)cc2)CC1.I. The molecule has 22 heavy (non-hydrogen) atoms. The Morgan fingerprint density at radius 3 is 2.27 bits per heavy atom. The van der Waals surface area contributed by atoms with Gasteiger partial charge in [-0.3, -0.25) is 0 Å². The van der Waals surface area contributed by atoms with Crippen molar-refractivity contribution in [2.45, 2.75) is 32.9 Å². The van der Waals surface area contributed by atoms with E-state index in [0.29, 0.717) is 12.5 Å². The molecule has 1 aromatic rings. The third kappa shape index (κ3) is 6.12. The fourth-order valence-electron chi connectivity index (χ4n) is 2.63. The molecule has 5 heteroatoms. The first kappa shape index (κ1) is 19.2. The maximum absolute atomic E-state index is 6.11. The molecule has 0 aromatic heterocycles. The summed E-state index contributed by atoms with van der Waals surface area (Å²) in [7, 11) is 4.16. The molecule has 1 aliphatic heterocycles. The van der Waals surface area contributed by atoms with Crippen molar-refractivity contribution >= 4 is 29.9 Å². The summed E-state index contributed by atoms with van der Waals surface area (Å²) >= 11 is 0. The summed E-state index contributed by atoms with van der Waals surface area (Å²) in [5.74, 6) is 1.51. The molecular formula is C17H29IN4. The molecule has 0 amide bonds. The van der Waals surface area contributed by atoms with Crippen LogP contribution in [0.3, 0.4) is 0 Å². The number of nitrogens with two attached hydrogens (primary N) is 1. The first-order chi connectivity index (χ1) is 10.0. The molecule has 1 aliphatic rings. The van der Waals surface area contributed by atoms with Crippen molar-refractivity contribution in [3.8, 4) is 0 Å². The summed E-state index contributed by atoms with van der Waals surface area (Å²) in [6.45, 7) is 6.02. The minimum atomic E-state index is 0. The predicted molar refractivity (Wildman–Crippen MR) is 105 cm³/mol. The molecule has 0 saturated carbocycles. The highest BCUT2D eigenvalue weighted by molar-refractivity contribution is 14.0. The molecule has 0 aliphatic carbocycles. The van der Waals surface area contributed by atoms with Gasteiger partial charge in [-0.15, -0.1) is 24.0 Å². The van der Waals surface area contributed by atoms with Gasteiger partial charge in [0.1, 0.15) is 0 Å². The van der Waals surface area contributed by atoms with Crippen molar-refractivity contribution in [1.82, 2.24) is 9.80 Å².